The molecule has 0 aliphatic carbocycles. The van der Waals surface area contributed by atoms with E-state index in [0.717, 1.165) is 31.3 Å². The first-order chi connectivity index (χ1) is 27.1. The lowest BCUT2D eigenvalue weighted by Crippen LogP contribution is -2.57. The number of aromatic nitrogens is 2. The first-order valence-electron chi connectivity index (χ1n) is 17.1. The second-order valence-electron chi connectivity index (χ2n) is 13.5. The van der Waals surface area contributed by atoms with Crippen LogP contribution in [0.3, 0.4) is 0 Å². The largest absolute Gasteiger partial charge is 0.504 e. The minimum absolute atomic E-state index is 0.0192. The molecule has 2 aromatic heterocycles. The van der Waals surface area contributed by atoms with Crippen molar-refractivity contribution in [3.63, 3.8) is 0 Å². The van der Waals surface area contributed by atoms with E-state index >= 15 is 0 Å². The van der Waals surface area contributed by atoms with Crippen molar-refractivity contribution in [2.24, 2.45) is 10.9 Å². The van der Waals surface area contributed by atoms with Crippen molar-refractivity contribution in [2.75, 3.05) is 38.5 Å². The number of phenolic OH excluding ortho intramolecular Hbond substituents is 2. The average molecular weight is 873 g/mol. The molecule has 4 unspecified atom stereocenters. The van der Waals surface area contributed by atoms with Gasteiger partial charge in [-0.25, -0.2) is 14.1 Å². The van der Waals surface area contributed by atoms with E-state index in [0.29, 0.717) is 31.7 Å². The van der Waals surface area contributed by atoms with Gasteiger partial charge in [0.15, 0.2) is 22.3 Å². The van der Waals surface area contributed by atoms with E-state index in [1.807, 2.05) is 4.90 Å². The van der Waals surface area contributed by atoms with Gasteiger partial charge in [-0.3, -0.25) is 23.7 Å². The molecule has 1 aliphatic heterocycles. The number of rotatable bonds is 19. The molecule has 0 bridgehead atoms. The first-order valence-corrected chi connectivity index (χ1v) is 19.7. The molecule has 0 saturated carbocycles. The number of phenols is 2. The topological polar surface area (TPSA) is 356 Å². The van der Waals surface area contributed by atoms with Crippen LogP contribution >= 0.6 is 22.9 Å². The molecule has 4 amide bonds. The van der Waals surface area contributed by atoms with Crippen molar-refractivity contribution in [2.45, 2.75) is 56.8 Å². The Morgan fingerprint density at radius 3 is 2.53 bits per heavy atom. The van der Waals surface area contributed by atoms with Gasteiger partial charge in [0.2, 0.25) is 17.8 Å². The molecule has 3 heterocycles. The van der Waals surface area contributed by atoms with Gasteiger partial charge in [0, 0.05) is 55.6 Å². The molecule has 26 heteroatoms. The lowest BCUT2D eigenvalue weighted by molar-refractivity contribution is -0.161. The van der Waals surface area contributed by atoms with E-state index in [1.54, 1.807) is 0 Å². The van der Waals surface area contributed by atoms with Gasteiger partial charge in [-0.1, -0.05) is 21.9 Å². The molecular weight excluding hydrogens is 832 g/mol. The van der Waals surface area contributed by atoms with Crippen LogP contribution in [0.25, 0.3) is 0 Å². The average Bonchev–Trinajstić information content (AvgIpc) is 3.92. The molecule has 4 atom stereocenters. The standard InChI is InChI=1S/C32H41ClN10O13S2/c1-15(38-29(49)25(20-13-57-31(35)39-20)41-56-32(2,3)30(50)51)21(43(14-44)58(52,53)54)10-37-28(48)23-8-19(40-55-23)16-6-7-42(11-16)12-17(34)9-36-27(47)18-4-5-22(45)26(46)24(18)33/h4-5,8,13-17,21,45-46H,6-7,9-12,34H2,1-3H3,(H2,35,39)(H,36,47)(H,37,48)(H,38,49)(H,50,51)(H,52,53,54)/b41-25-. The summed E-state index contributed by atoms with van der Waals surface area (Å²) in [5.41, 5.74) is 9.72. The van der Waals surface area contributed by atoms with Gasteiger partial charge in [-0.2, -0.15) is 8.42 Å². The highest BCUT2D eigenvalue weighted by atomic mass is 35.5. The lowest BCUT2D eigenvalue weighted by atomic mass is 10.0. The number of carbonyl (C=O) groups is 5. The molecular formula is C32H41ClN10O13S2. The van der Waals surface area contributed by atoms with Gasteiger partial charge in [-0.15, -0.1) is 11.3 Å². The highest BCUT2D eigenvalue weighted by Gasteiger charge is 2.36. The number of carboxylic acids is 1. The van der Waals surface area contributed by atoms with Crippen LogP contribution in [-0.2, 0) is 29.5 Å². The van der Waals surface area contributed by atoms with E-state index in [9.17, 15) is 52.3 Å². The van der Waals surface area contributed by atoms with Crippen molar-refractivity contribution < 1.29 is 61.6 Å². The number of thiazole rings is 1. The molecule has 1 fully saturated rings. The summed E-state index contributed by atoms with van der Waals surface area (Å²) < 4.78 is 39.4. The zero-order valence-corrected chi connectivity index (χ0v) is 33.4. The van der Waals surface area contributed by atoms with Crippen LogP contribution in [-0.4, -0.2) is 140 Å². The van der Waals surface area contributed by atoms with Crippen molar-refractivity contribution in [1.29, 1.82) is 0 Å². The maximum absolute atomic E-state index is 13.4. The van der Waals surface area contributed by atoms with Crippen molar-refractivity contribution in [3.05, 3.63) is 51.3 Å². The predicted octanol–water partition coefficient (Wildman–Crippen LogP) is -0.527. The van der Waals surface area contributed by atoms with Crippen molar-refractivity contribution >= 4 is 74.2 Å². The van der Waals surface area contributed by atoms with E-state index in [2.05, 4.69) is 31.2 Å². The number of halogens is 1. The highest BCUT2D eigenvalue weighted by Crippen LogP contribution is 2.35. The first kappa shape index (κ1) is 45.1. The number of oxime groups is 1. The second-order valence-corrected chi connectivity index (χ2v) is 16.1. The Morgan fingerprint density at radius 2 is 1.91 bits per heavy atom. The number of hydrogen-bond donors (Lipinski definition) is 9. The Labute approximate surface area is 339 Å². The Bertz CT molecular complexity index is 2160. The third-order valence-corrected chi connectivity index (χ3v) is 10.7. The van der Waals surface area contributed by atoms with Crippen LogP contribution in [0, 0.1) is 0 Å². The molecule has 1 aromatic carbocycles. The summed E-state index contributed by atoms with van der Waals surface area (Å²) >= 11 is 6.88. The summed E-state index contributed by atoms with van der Waals surface area (Å²) in [5.74, 6) is -5.54. The Kier molecular flexibility index (Phi) is 14.6. The minimum Gasteiger partial charge on any atom is -0.504 e. The number of hydrogen-bond acceptors (Lipinski definition) is 18. The van der Waals surface area contributed by atoms with Crippen LogP contribution in [0.1, 0.15) is 65.4 Å². The quantitative estimate of drug-likeness (QED) is 0.0240. The zero-order chi connectivity index (χ0) is 43.1. The number of nitrogens with two attached hydrogens (primary N) is 2. The zero-order valence-electron chi connectivity index (χ0n) is 31.0. The van der Waals surface area contributed by atoms with Crippen molar-refractivity contribution in [1.82, 2.24) is 35.3 Å². The number of aliphatic carboxylic acids is 1. The number of nitrogens with zero attached hydrogens (tertiary/aromatic N) is 5. The van der Waals surface area contributed by atoms with Gasteiger partial charge in [-0.05, 0) is 45.9 Å². The molecule has 0 spiro atoms. The summed E-state index contributed by atoms with van der Waals surface area (Å²) in [5, 5.41) is 44.8. The summed E-state index contributed by atoms with van der Waals surface area (Å²) in [7, 11) is -5.24. The molecule has 58 heavy (non-hydrogen) atoms. The molecule has 0 radical (unpaired) electrons. The third kappa shape index (κ3) is 11.3. The van der Waals surface area contributed by atoms with E-state index in [-0.39, 0.29) is 50.3 Å². The number of aromatic hydroxyl groups is 2. The summed E-state index contributed by atoms with van der Waals surface area (Å²) in [6.07, 6.45) is 0.382. The van der Waals surface area contributed by atoms with Gasteiger partial charge >= 0.3 is 16.3 Å². The van der Waals surface area contributed by atoms with Crippen LogP contribution in [0.2, 0.25) is 5.02 Å². The number of anilines is 1. The van der Waals surface area contributed by atoms with Crippen LogP contribution in [0.15, 0.2) is 33.3 Å². The Balaban J connectivity index is 1.38. The van der Waals surface area contributed by atoms with Crippen LogP contribution in [0.4, 0.5) is 5.13 Å². The van der Waals surface area contributed by atoms with Crippen molar-refractivity contribution in [3.8, 4) is 11.5 Å². The van der Waals surface area contributed by atoms with Gasteiger partial charge < -0.3 is 57.0 Å². The maximum atomic E-state index is 13.4. The van der Waals surface area contributed by atoms with E-state index < -0.39 is 81.5 Å². The molecule has 3 aromatic rings. The summed E-state index contributed by atoms with van der Waals surface area (Å²) in [4.78, 5) is 73.6. The number of benzene rings is 1. The molecule has 1 saturated heterocycles. The molecule has 4 rings (SSSR count). The van der Waals surface area contributed by atoms with E-state index in [1.165, 1.54) is 24.4 Å². The molecule has 316 valence electrons. The highest BCUT2D eigenvalue weighted by molar-refractivity contribution is 7.83. The second kappa shape index (κ2) is 18.8. The molecule has 23 nitrogen and oxygen atoms in total. The van der Waals surface area contributed by atoms with Crippen LogP contribution < -0.4 is 27.4 Å². The predicted molar refractivity (Wildman–Crippen MR) is 204 cm³/mol. The number of likely N-dealkylation sites (tertiary alicyclic amines) is 1. The fraction of sp³-hybridized carbons (Fsp3) is 0.438. The van der Waals surface area contributed by atoms with Gasteiger partial charge in [0.1, 0.15) is 5.69 Å². The lowest BCUT2D eigenvalue weighted by Gasteiger charge is -2.30. The number of amides is 4. The number of carboxylic acid groups (broad SMARTS) is 1. The summed E-state index contributed by atoms with van der Waals surface area (Å²) in [6, 6.07) is 0.246. The fourth-order valence-corrected chi connectivity index (χ4v) is 7.02. The van der Waals surface area contributed by atoms with Crippen LogP contribution in [0.5, 0.6) is 11.5 Å². The third-order valence-electron chi connectivity index (χ3n) is 8.76. The van der Waals surface area contributed by atoms with Gasteiger partial charge in [0.05, 0.1) is 22.3 Å². The molecule has 1 aliphatic rings. The Morgan fingerprint density at radius 1 is 1.22 bits per heavy atom. The fourth-order valence-electron chi connectivity index (χ4n) is 5.52. The Hall–Kier alpha value is -5.60. The summed E-state index contributed by atoms with van der Waals surface area (Å²) in [6.45, 7) is 4.39. The normalized spacial score (nSPS) is 16.5. The van der Waals surface area contributed by atoms with Gasteiger partial charge in [0.25, 0.3) is 17.7 Å². The number of nitrogens with one attached hydrogen (secondary N) is 3. The number of carbonyl (C=O) groups excluding carboxylic acids is 4. The maximum Gasteiger partial charge on any atom is 0.362 e. The SMILES string of the molecule is CC(NC(=O)/C(=N\OC(C)(C)C(=O)O)c1csc(N)n1)C(CNC(=O)c1cc(C2CCN(CC(N)CNC(=O)c3ccc(O)c(O)c3Cl)C2)no1)N(C=O)S(=O)(=O)O. The van der Waals surface area contributed by atoms with E-state index in [4.69, 9.17) is 32.4 Å². The molecule has 11 N–H and O–H groups in total. The monoisotopic (exact) mass is 872 g/mol. The minimum atomic E-state index is -5.24. The number of nitrogen functional groups attached to an aromatic ring is 1. The smallest absolute Gasteiger partial charge is 0.362 e.